The first-order chi connectivity index (χ1) is 11.4. The highest BCUT2D eigenvalue weighted by Crippen LogP contribution is 2.44. The number of nitrogens with one attached hydrogen (secondary N) is 1. The monoisotopic (exact) mass is 397 g/mol. The molecule has 1 fully saturated rings. The molecule has 2 N–H and O–H groups in total. The molecule has 1 aliphatic carbocycles. The van der Waals surface area contributed by atoms with Crippen molar-refractivity contribution in [1.82, 2.24) is 5.32 Å². The van der Waals surface area contributed by atoms with Crippen molar-refractivity contribution in [3.8, 4) is 11.5 Å². The maximum atomic E-state index is 12.3. The fourth-order valence-electron chi connectivity index (χ4n) is 3.16. The van der Waals surface area contributed by atoms with Crippen LogP contribution in [0.3, 0.4) is 0 Å². The summed E-state index contributed by atoms with van der Waals surface area (Å²) in [4.78, 5) is 23.7. The highest BCUT2D eigenvalue weighted by atomic mass is 79.9. The molecule has 0 bridgehead atoms. The Balaban J connectivity index is 1.69. The van der Waals surface area contributed by atoms with Crippen molar-refractivity contribution in [1.29, 1.82) is 0 Å². The van der Waals surface area contributed by atoms with E-state index in [4.69, 9.17) is 9.47 Å². The number of hydrogen-bond donors (Lipinski definition) is 2. The summed E-state index contributed by atoms with van der Waals surface area (Å²) in [5.74, 6) is 0.208. The fraction of sp³-hybridized carbons (Fsp3) is 0.529. The van der Waals surface area contributed by atoms with Gasteiger partial charge in [-0.1, -0.05) is 22.4 Å². The van der Waals surface area contributed by atoms with E-state index in [-0.39, 0.29) is 18.4 Å². The summed E-state index contributed by atoms with van der Waals surface area (Å²) >= 11 is 3.49. The lowest BCUT2D eigenvalue weighted by Gasteiger charge is -2.37. The Bertz CT molecular complexity index is 671. The lowest BCUT2D eigenvalue weighted by molar-refractivity contribution is -0.157. The lowest BCUT2D eigenvalue weighted by Crippen LogP contribution is -2.43. The predicted molar refractivity (Wildman–Crippen MR) is 90.2 cm³/mol. The van der Waals surface area contributed by atoms with Crippen LogP contribution in [-0.2, 0) is 9.59 Å². The number of carbonyl (C=O) groups excluding carboxylic acids is 1. The topological polar surface area (TPSA) is 84.9 Å². The molecular formula is C17H20BrNO5. The molecule has 0 aromatic heterocycles. The number of ether oxygens (including phenoxy) is 2. The second-order valence-electron chi connectivity index (χ2n) is 6.42. The van der Waals surface area contributed by atoms with Crippen LogP contribution < -0.4 is 14.8 Å². The fourth-order valence-corrected chi connectivity index (χ4v) is 3.82. The first-order valence-corrected chi connectivity index (χ1v) is 8.82. The van der Waals surface area contributed by atoms with Crippen molar-refractivity contribution in [3.63, 3.8) is 0 Å². The van der Waals surface area contributed by atoms with Gasteiger partial charge >= 0.3 is 5.97 Å². The van der Waals surface area contributed by atoms with Gasteiger partial charge in [-0.25, -0.2) is 0 Å². The van der Waals surface area contributed by atoms with Crippen molar-refractivity contribution >= 4 is 27.8 Å². The second kappa shape index (κ2) is 6.63. The van der Waals surface area contributed by atoms with E-state index in [1.807, 2.05) is 19.1 Å². The maximum Gasteiger partial charge on any atom is 0.310 e. The van der Waals surface area contributed by atoms with Crippen molar-refractivity contribution in [2.24, 2.45) is 5.41 Å². The number of carbonyl (C=O) groups is 2. The van der Waals surface area contributed by atoms with E-state index >= 15 is 0 Å². The number of hydrogen-bond acceptors (Lipinski definition) is 4. The third kappa shape index (κ3) is 3.22. The smallest absolute Gasteiger partial charge is 0.310 e. The Hall–Kier alpha value is -1.76. The summed E-state index contributed by atoms with van der Waals surface area (Å²) in [6, 6.07) is 3.41. The van der Waals surface area contributed by atoms with Crippen LogP contribution in [0, 0.1) is 5.41 Å². The van der Waals surface area contributed by atoms with Crippen LogP contribution in [0.1, 0.15) is 44.2 Å². The van der Waals surface area contributed by atoms with E-state index in [0.717, 1.165) is 16.5 Å². The molecule has 24 heavy (non-hydrogen) atoms. The van der Waals surface area contributed by atoms with Crippen LogP contribution >= 0.6 is 15.9 Å². The zero-order valence-electron chi connectivity index (χ0n) is 13.4. The molecule has 1 amide bonds. The van der Waals surface area contributed by atoms with Crippen LogP contribution in [0.2, 0.25) is 0 Å². The number of aliphatic carboxylic acids is 1. The normalized spacial score (nSPS) is 19.1. The Kier molecular flexibility index (Phi) is 4.71. The molecule has 1 aromatic rings. The molecule has 1 unspecified atom stereocenters. The first-order valence-electron chi connectivity index (χ1n) is 8.03. The van der Waals surface area contributed by atoms with Gasteiger partial charge < -0.3 is 19.9 Å². The van der Waals surface area contributed by atoms with E-state index < -0.39 is 11.4 Å². The quantitative estimate of drug-likeness (QED) is 0.797. The molecule has 0 spiro atoms. The molecule has 1 aromatic carbocycles. The van der Waals surface area contributed by atoms with Gasteiger partial charge in [0.15, 0.2) is 11.5 Å². The highest BCUT2D eigenvalue weighted by Gasteiger charge is 2.46. The van der Waals surface area contributed by atoms with E-state index in [2.05, 4.69) is 21.2 Å². The van der Waals surface area contributed by atoms with Crippen LogP contribution in [0.15, 0.2) is 16.6 Å². The maximum absolute atomic E-state index is 12.3. The number of carboxylic acids is 1. The molecule has 6 nitrogen and oxygen atoms in total. The van der Waals surface area contributed by atoms with Gasteiger partial charge in [-0.15, -0.1) is 0 Å². The van der Waals surface area contributed by atoms with Crippen LogP contribution in [0.4, 0.5) is 0 Å². The van der Waals surface area contributed by atoms with E-state index in [1.165, 1.54) is 0 Å². The number of rotatable bonds is 5. The van der Waals surface area contributed by atoms with Crippen molar-refractivity contribution in [2.75, 3.05) is 13.2 Å². The third-order valence-electron chi connectivity index (χ3n) is 4.77. The number of benzene rings is 1. The molecule has 130 valence electrons. The standard InChI is InChI=1S/C17H20BrNO5/c1-10(19-15(20)9-17(16(21)22)3-2-4-17)11-7-13-14(8-12(11)18)24-6-5-23-13/h7-8,10H,2-6,9H2,1H3,(H,19,20)(H,21,22). The van der Waals surface area contributed by atoms with Crippen molar-refractivity contribution in [3.05, 3.63) is 22.2 Å². The minimum Gasteiger partial charge on any atom is -0.486 e. The molecule has 1 atom stereocenters. The zero-order valence-corrected chi connectivity index (χ0v) is 15.0. The molecule has 0 radical (unpaired) electrons. The van der Waals surface area contributed by atoms with Crippen LogP contribution in [0.5, 0.6) is 11.5 Å². The summed E-state index contributed by atoms with van der Waals surface area (Å²) in [7, 11) is 0. The minimum atomic E-state index is -0.881. The van der Waals surface area contributed by atoms with Gasteiger partial charge in [-0.2, -0.15) is 0 Å². The minimum absolute atomic E-state index is 0.0227. The van der Waals surface area contributed by atoms with E-state index in [9.17, 15) is 14.7 Å². The average Bonchev–Trinajstić information content (AvgIpc) is 2.49. The Morgan fingerprint density at radius 1 is 1.29 bits per heavy atom. The Labute approximate surface area is 148 Å². The van der Waals surface area contributed by atoms with Crippen LogP contribution in [-0.4, -0.2) is 30.2 Å². The largest absolute Gasteiger partial charge is 0.486 e. The molecule has 2 aliphatic rings. The van der Waals surface area contributed by atoms with Gasteiger partial charge in [-0.05, 0) is 37.5 Å². The lowest BCUT2D eigenvalue weighted by atomic mass is 9.66. The van der Waals surface area contributed by atoms with Crippen molar-refractivity contribution in [2.45, 2.75) is 38.6 Å². The Morgan fingerprint density at radius 2 is 1.92 bits per heavy atom. The Morgan fingerprint density at radius 3 is 2.46 bits per heavy atom. The van der Waals surface area contributed by atoms with Gasteiger partial charge in [0, 0.05) is 10.9 Å². The number of halogens is 1. The first kappa shape index (κ1) is 17.1. The molecule has 1 aliphatic heterocycles. The summed E-state index contributed by atoms with van der Waals surface area (Å²) in [5, 5.41) is 12.2. The zero-order chi connectivity index (χ0) is 17.3. The molecule has 0 saturated heterocycles. The van der Waals surface area contributed by atoms with Gasteiger partial charge in [-0.3, -0.25) is 9.59 Å². The third-order valence-corrected chi connectivity index (χ3v) is 5.46. The summed E-state index contributed by atoms with van der Waals surface area (Å²) in [5.41, 5.74) is -0.0148. The van der Waals surface area contributed by atoms with Gasteiger partial charge in [0.1, 0.15) is 13.2 Å². The van der Waals surface area contributed by atoms with E-state index in [1.54, 1.807) is 0 Å². The average molecular weight is 398 g/mol. The highest BCUT2D eigenvalue weighted by molar-refractivity contribution is 9.10. The molecular weight excluding hydrogens is 378 g/mol. The van der Waals surface area contributed by atoms with E-state index in [0.29, 0.717) is 37.6 Å². The summed E-state index contributed by atoms with van der Waals surface area (Å²) < 4.78 is 11.9. The van der Waals surface area contributed by atoms with Gasteiger partial charge in [0.05, 0.1) is 11.5 Å². The van der Waals surface area contributed by atoms with Crippen LogP contribution in [0.25, 0.3) is 0 Å². The summed E-state index contributed by atoms with van der Waals surface area (Å²) in [6.07, 6.45) is 2.02. The molecule has 3 rings (SSSR count). The summed E-state index contributed by atoms with van der Waals surface area (Å²) in [6.45, 7) is 2.88. The molecule has 1 saturated carbocycles. The van der Waals surface area contributed by atoms with Gasteiger partial charge in [0.2, 0.25) is 5.91 Å². The SMILES string of the molecule is CC(NC(=O)CC1(C(=O)O)CCC1)c1cc2c(cc1Br)OCCO2. The number of fused-ring (bicyclic) bond motifs is 1. The number of carboxylic acid groups (broad SMARTS) is 1. The molecule has 7 heteroatoms. The predicted octanol–water partition coefficient (Wildman–Crippen LogP) is 3.04. The van der Waals surface area contributed by atoms with Gasteiger partial charge in [0.25, 0.3) is 0 Å². The second-order valence-corrected chi connectivity index (χ2v) is 7.28. The molecule has 1 heterocycles. The van der Waals surface area contributed by atoms with Crippen molar-refractivity contribution < 1.29 is 24.2 Å². The number of amides is 1.